The van der Waals surface area contributed by atoms with E-state index in [0.717, 1.165) is 5.56 Å². The van der Waals surface area contributed by atoms with E-state index in [1.165, 1.54) is 24.5 Å². The first-order valence-corrected chi connectivity index (χ1v) is 9.89. The minimum absolute atomic E-state index is 0.173. The maximum Gasteiger partial charge on any atom is 0.268 e. The molecule has 10 nitrogen and oxygen atoms in total. The van der Waals surface area contributed by atoms with Crippen molar-refractivity contribution < 1.29 is 19.9 Å². The molecule has 168 valence electrons. The molecular weight excluding hydrogens is 424 g/mol. The number of nitrogens with two attached hydrogens (primary N) is 1. The first-order chi connectivity index (χ1) is 15.8. The molecule has 0 fully saturated rings. The van der Waals surface area contributed by atoms with Crippen LogP contribution in [0.15, 0.2) is 58.9 Å². The second-order valence-electron chi connectivity index (χ2n) is 7.40. The van der Waals surface area contributed by atoms with E-state index in [1.54, 1.807) is 36.4 Å². The molecule has 2 aromatic rings. The van der Waals surface area contributed by atoms with Gasteiger partial charge in [-0.3, -0.25) is 20.2 Å². The zero-order chi connectivity index (χ0) is 23.8. The molecule has 0 bridgehead atoms. The molecule has 0 radical (unpaired) electrons. The molecule has 2 amide bonds. The number of aliphatic hydroxyl groups is 1. The first-order valence-electron chi connectivity index (χ1n) is 9.89. The van der Waals surface area contributed by atoms with Crippen LogP contribution in [0.3, 0.4) is 0 Å². The van der Waals surface area contributed by atoms with Gasteiger partial charge in [-0.1, -0.05) is 17.1 Å². The van der Waals surface area contributed by atoms with E-state index in [1.807, 2.05) is 0 Å². The average molecular weight is 446 g/mol. The highest BCUT2D eigenvalue weighted by molar-refractivity contribution is 5.98. The van der Waals surface area contributed by atoms with Gasteiger partial charge >= 0.3 is 0 Å². The highest BCUT2D eigenvalue weighted by Gasteiger charge is 2.46. The summed E-state index contributed by atoms with van der Waals surface area (Å²) < 4.78 is 0. The lowest BCUT2D eigenvalue weighted by atomic mass is 9.87. The van der Waals surface area contributed by atoms with Crippen molar-refractivity contribution in [3.8, 4) is 23.7 Å². The maximum atomic E-state index is 12.7. The number of anilines is 1. The summed E-state index contributed by atoms with van der Waals surface area (Å²) in [4.78, 5) is 24.8. The number of hydroxylamine groups is 1. The predicted octanol–water partition coefficient (Wildman–Crippen LogP) is 0.366. The highest BCUT2D eigenvalue weighted by atomic mass is 16.5. The van der Waals surface area contributed by atoms with Crippen LogP contribution in [0.1, 0.15) is 28.4 Å². The number of carbonyl (C=O) groups excluding carboxylic acids is 2. The van der Waals surface area contributed by atoms with Gasteiger partial charge in [0.05, 0.1) is 6.54 Å². The lowest BCUT2D eigenvalue weighted by molar-refractivity contribution is -0.138. The Morgan fingerprint density at radius 3 is 2.21 bits per heavy atom. The van der Waals surface area contributed by atoms with Crippen molar-refractivity contribution >= 4 is 17.5 Å². The van der Waals surface area contributed by atoms with Gasteiger partial charge in [-0.2, -0.15) is 5.11 Å². The number of benzene rings is 2. The van der Waals surface area contributed by atoms with E-state index < -0.39 is 29.5 Å². The molecule has 2 aromatic carbocycles. The molecule has 33 heavy (non-hydrogen) atoms. The normalized spacial score (nSPS) is 16.6. The Balaban J connectivity index is 1.68. The van der Waals surface area contributed by atoms with Gasteiger partial charge < -0.3 is 16.2 Å². The Labute approximate surface area is 190 Å². The quantitative estimate of drug-likeness (QED) is 0.168. The van der Waals surface area contributed by atoms with Crippen LogP contribution in [0, 0.1) is 23.7 Å². The fourth-order valence-corrected chi connectivity index (χ4v) is 3.03. The molecule has 1 aliphatic rings. The van der Waals surface area contributed by atoms with Crippen molar-refractivity contribution in [3.63, 3.8) is 0 Å². The van der Waals surface area contributed by atoms with E-state index in [4.69, 9.17) is 10.9 Å². The highest BCUT2D eigenvalue weighted by Crippen LogP contribution is 2.21. The second kappa shape index (κ2) is 10.3. The minimum Gasteiger partial charge on any atom is -0.399 e. The van der Waals surface area contributed by atoms with Crippen molar-refractivity contribution in [2.75, 3.05) is 12.3 Å². The van der Waals surface area contributed by atoms with Crippen LogP contribution in [0.2, 0.25) is 0 Å². The molecule has 10 heteroatoms. The van der Waals surface area contributed by atoms with Crippen molar-refractivity contribution in [1.82, 2.24) is 16.2 Å². The zero-order valence-corrected chi connectivity index (χ0v) is 17.7. The van der Waals surface area contributed by atoms with Crippen LogP contribution in [0.5, 0.6) is 0 Å². The molecule has 2 unspecified atom stereocenters. The third-order valence-electron chi connectivity index (χ3n) is 4.99. The molecule has 0 spiro atoms. The van der Waals surface area contributed by atoms with Gasteiger partial charge in [0.25, 0.3) is 11.8 Å². The molecule has 3 rings (SSSR count). The SMILES string of the molecule is C[C@](O)(C1CNN=N1)C(NC(=O)c1ccc(C#CC#Cc2ccc(N)cc2)cc1)C(=O)NO. The lowest BCUT2D eigenvalue weighted by Crippen LogP contribution is -2.63. The van der Waals surface area contributed by atoms with Gasteiger partial charge in [-0.15, -0.1) is 0 Å². The molecule has 0 aliphatic carbocycles. The van der Waals surface area contributed by atoms with Gasteiger partial charge in [-0.25, -0.2) is 5.48 Å². The van der Waals surface area contributed by atoms with E-state index in [9.17, 15) is 14.7 Å². The van der Waals surface area contributed by atoms with Crippen LogP contribution >= 0.6 is 0 Å². The third-order valence-corrected chi connectivity index (χ3v) is 4.99. The lowest BCUT2D eigenvalue weighted by Gasteiger charge is -2.34. The molecule has 0 aromatic heterocycles. The molecule has 0 saturated carbocycles. The molecular formula is C23H22N6O4. The number of hydrogen-bond acceptors (Lipinski definition) is 8. The van der Waals surface area contributed by atoms with Crippen LogP contribution in [0.25, 0.3) is 0 Å². The number of carbonyl (C=O) groups is 2. The standard InChI is InChI=1S/C23H22N6O4/c1-23(32,19-14-25-29-27-19)20(22(31)28-33)26-21(30)17-10-6-15(7-11-17)4-2-3-5-16-8-12-18(24)13-9-16/h6-13,19-20,32-33H,14,24H2,1H3,(H,25,27)(H,26,30)(H,28,31)/t19?,20?,23-/m0/s1. The van der Waals surface area contributed by atoms with Crippen molar-refractivity contribution in [1.29, 1.82) is 0 Å². The largest absolute Gasteiger partial charge is 0.399 e. The summed E-state index contributed by atoms with van der Waals surface area (Å²) in [7, 11) is 0. The number of amides is 2. The predicted molar refractivity (Wildman–Crippen MR) is 120 cm³/mol. The number of nitrogens with one attached hydrogen (secondary N) is 3. The Morgan fingerprint density at radius 1 is 1.12 bits per heavy atom. The molecule has 1 aliphatic heterocycles. The van der Waals surface area contributed by atoms with E-state index >= 15 is 0 Å². The van der Waals surface area contributed by atoms with Crippen molar-refractivity contribution in [2.45, 2.75) is 24.6 Å². The fraction of sp³-hybridized carbons (Fsp3) is 0.217. The van der Waals surface area contributed by atoms with Gasteiger partial charge in [0.1, 0.15) is 17.7 Å². The molecule has 3 atom stereocenters. The Kier molecular flexibility index (Phi) is 7.26. The van der Waals surface area contributed by atoms with E-state index in [0.29, 0.717) is 11.3 Å². The summed E-state index contributed by atoms with van der Waals surface area (Å²) in [6, 6.07) is 11.1. The van der Waals surface area contributed by atoms with E-state index in [-0.39, 0.29) is 12.1 Å². The van der Waals surface area contributed by atoms with Gasteiger partial charge in [0, 0.05) is 22.4 Å². The summed E-state index contributed by atoms with van der Waals surface area (Å²) in [5.74, 6) is 9.64. The Bertz CT molecular complexity index is 1170. The summed E-state index contributed by atoms with van der Waals surface area (Å²) in [6.45, 7) is 1.50. The summed E-state index contributed by atoms with van der Waals surface area (Å²) in [5.41, 5.74) is 10.2. The van der Waals surface area contributed by atoms with Gasteiger partial charge in [0.2, 0.25) is 0 Å². The number of hydrogen-bond donors (Lipinski definition) is 6. The summed E-state index contributed by atoms with van der Waals surface area (Å²) >= 11 is 0. The average Bonchev–Trinajstić information content (AvgIpc) is 3.37. The smallest absolute Gasteiger partial charge is 0.268 e. The summed E-state index contributed by atoms with van der Waals surface area (Å²) in [5, 5.41) is 29.7. The zero-order valence-electron chi connectivity index (χ0n) is 17.7. The van der Waals surface area contributed by atoms with Crippen LogP contribution in [0.4, 0.5) is 5.69 Å². The minimum atomic E-state index is -1.82. The van der Waals surface area contributed by atoms with Crippen LogP contribution in [-0.2, 0) is 4.79 Å². The first kappa shape index (κ1) is 23.3. The van der Waals surface area contributed by atoms with Gasteiger partial charge in [0.15, 0.2) is 0 Å². The Hall–Kier alpha value is -4.38. The van der Waals surface area contributed by atoms with Crippen LogP contribution in [-0.4, -0.2) is 46.4 Å². The van der Waals surface area contributed by atoms with Gasteiger partial charge in [-0.05, 0) is 67.3 Å². The fourth-order valence-electron chi connectivity index (χ4n) is 3.03. The third kappa shape index (κ3) is 5.86. The van der Waals surface area contributed by atoms with E-state index in [2.05, 4.69) is 44.8 Å². The molecule has 7 N–H and O–H groups in total. The second-order valence-corrected chi connectivity index (χ2v) is 7.40. The van der Waals surface area contributed by atoms with Crippen molar-refractivity contribution in [2.24, 2.45) is 10.3 Å². The number of rotatable bonds is 5. The number of nitrogen functional groups attached to an aromatic ring is 1. The number of nitrogens with zero attached hydrogens (tertiary/aromatic N) is 2. The topological polar surface area (TPSA) is 161 Å². The monoisotopic (exact) mass is 446 g/mol. The Morgan fingerprint density at radius 2 is 1.70 bits per heavy atom. The molecule has 0 saturated heterocycles. The molecule has 1 heterocycles. The maximum absolute atomic E-state index is 12.7. The van der Waals surface area contributed by atoms with Crippen LogP contribution < -0.4 is 22.0 Å². The summed E-state index contributed by atoms with van der Waals surface area (Å²) in [6.07, 6.45) is 0. The van der Waals surface area contributed by atoms with Crippen molar-refractivity contribution in [3.05, 3.63) is 65.2 Å².